The number of hydrogen-bond acceptors (Lipinski definition) is 3. The molecule has 0 aliphatic heterocycles. The van der Waals surface area contributed by atoms with E-state index in [0.717, 1.165) is 5.56 Å². The number of carbonyl (C=O) groups is 2. The normalized spacial score (nSPS) is 10.1. The molecule has 4 heteroatoms. The van der Waals surface area contributed by atoms with Gasteiger partial charge in [-0.15, -0.1) is 0 Å². The Morgan fingerprint density at radius 3 is 2.37 bits per heavy atom. The Morgan fingerprint density at radius 1 is 1.05 bits per heavy atom. The van der Waals surface area contributed by atoms with E-state index in [-0.39, 0.29) is 12.2 Å². The van der Waals surface area contributed by atoms with Gasteiger partial charge in [0.05, 0.1) is 0 Å². The van der Waals surface area contributed by atoms with Crippen LogP contribution in [0.2, 0.25) is 0 Å². The van der Waals surface area contributed by atoms with Crippen LogP contribution in [0.5, 0.6) is 0 Å². The molecule has 0 unspecified atom stereocenters. The van der Waals surface area contributed by atoms with E-state index >= 15 is 0 Å². The van der Waals surface area contributed by atoms with Crippen molar-refractivity contribution >= 4 is 11.8 Å². The molecule has 2 aromatic rings. The van der Waals surface area contributed by atoms with Gasteiger partial charge in [-0.2, -0.15) is 0 Å². The lowest BCUT2D eigenvalue weighted by Crippen LogP contribution is -2.04. The Kier molecular flexibility index (Phi) is 4.03. The standard InChI is InChI=1S/C15H13NO3/c17-14(18)9-6-11-4-7-12(8-5-11)15(19)13-3-1-2-10-16-13/h1-5,7-8,10H,6,9H2,(H,17,18). The Balaban J connectivity index is 2.10. The van der Waals surface area contributed by atoms with Crippen LogP contribution in [0.4, 0.5) is 0 Å². The highest BCUT2D eigenvalue weighted by Crippen LogP contribution is 2.10. The molecule has 0 aliphatic carbocycles. The Bertz CT molecular complexity index is 576. The number of ketones is 1. The van der Waals surface area contributed by atoms with Crippen molar-refractivity contribution in [3.05, 3.63) is 65.5 Å². The summed E-state index contributed by atoms with van der Waals surface area (Å²) in [5, 5.41) is 8.60. The molecule has 0 fully saturated rings. The number of rotatable bonds is 5. The number of aliphatic carboxylic acids is 1. The summed E-state index contributed by atoms with van der Waals surface area (Å²) in [6.07, 6.45) is 2.13. The molecule has 0 aliphatic rings. The van der Waals surface area contributed by atoms with Gasteiger partial charge >= 0.3 is 5.97 Å². The third-order valence-electron chi connectivity index (χ3n) is 2.74. The molecule has 4 nitrogen and oxygen atoms in total. The second-order valence-corrected chi connectivity index (χ2v) is 4.13. The van der Waals surface area contributed by atoms with Crippen molar-refractivity contribution < 1.29 is 14.7 Å². The number of hydrogen-bond donors (Lipinski definition) is 1. The summed E-state index contributed by atoms with van der Waals surface area (Å²) in [7, 11) is 0. The summed E-state index contributed by atoms with van der Waals surface area (Å²) < 4.78 is 0. The van der Waals surface area contributed by atoms with Crippen molar-refractivity contribution in [1.29, 1.82) is 0 Å². The third kappa shape index (κ3) is 3.48. The fourth-order valence-corrected chi connectivity index (χ4v) is 1.72. The van der Waals surface area contributed by atoms with Crippen LogP contribution in [0.25, 0.3) is 0 Å². The van der Waals surface area contributed by atoms with Crippen molar-refractivity contribution in [2.75, 3.05) is 0 Å². The van der Waals surface area contributed by atoms with E-state index in [9.17, 15) is 9.59 Å². The maximum absolute atomic E-state index is 12.1. The SMILES string of the molecule is O=C(O)CCc1ccc(C(=O)c2ccccn2)cc1. The van der Waals surface area contributed by atoms with E-state index in [1.165, 1.54) is 0 Å². The summed E-state index contributed by atoms with van der Waals surface area (Å²) in [5.74, 6) is -0.959. The van der Waals surface area contributed by atoms with Gasteiger partial charge in [0.25, 0.3) is 0 Å². The van der Waals surface area contributed by atoms with Crippen LogP contribution in [0, 0.1) is 0 Å². The maximum Gasteiger partial charge on any atom is 0.303 e. The number of pyridine rings is 1. The van der Waals surface area contributed by atoms with Crippen LogP contribution >= 0.6 is 0 Å². The molecule has 0 saturated heterocycles. The molecule has 0 radical (unpaired) electrons. The molecule has 2 rings (SSSR count). The number of carboxylic acid groups (broad SMARTS) is 1. The minimum Gasteiger partial charge on any atom is -0.481 e. The van der Waals surface area contributed by atoms with Crippen LogP contribution in [-0.2, 0) is 11.2 Å². The van der Waals surface area contributed by atoms with Gasteiger partial charge in [-0.05, 0) is 24.1 Å². The molecule has 1 aromatic heterocycles. The molecule has 0 atom stereocenters. The van der Waals surface area contributed by atoms with Crippen LogP contribution < -0.4 is 0 Å². The fourth-order valence-electron chi connectivity index (χ4n) is 1.72. The van der Waals surface area contributed by atoms with E-state index in [1.807, 2.05) is 0 Å². The minimum atomic E-state index is -0.825. The lowest BCUT2D eigenvalue weighted by molar-refractivity contribution is -0.136. The Labute approximate surface area is 110 Å². The van der Waals surface area contributed by atoms with Crippen molar-refractivity contribution in [3.8, 4) is 0 Å². The molecular weight excluding hydrogens is 242 g/mol. The van der Waals surface area contributed by atoms with Gasteiger partial charge in [0.15, 0.2) is 0 Å². The van der Waals surface area contributed by atoms with Gasteiger partial charge in [-0.3, -0.25) is 14.6 Å². The second kappa shape index (κ2) is 5.91. The molecule has 0 spiro atoms. The zero-order chi connectivity index (χ0) is 13.7. The van der Waals surface area contributed by atoms with Crippen molar-refractivity contribution in [3.63, 3.8) is 0 Å². The number of aromatic nitrogens is 1. The number of carbonyl (C=O) groups excluding carboxylic acids is 1. The van der Waals surface area contributed by atoms with E-state index in [4.69, 9.17) is 5.11 Å². The quantitative estimate of drug-likeness (QED) is 0.833. The van der Waals surface area contributed by atoms with Crippen molar-refractivity contribution in [2.45, 2.75) is 12.8 Å². The van der Waals surface area contributed by atoms with Crippen LogP contribution in [-0.4, -0.2) is 21.8 Å². The number of nitrogens with zero attached hydrogens (tertiary/aromatic N) is 1. The van der Waals surface area contributed by atoms with Crippen LogP contribution in [0.3, 0.4) is 0 Å². The van der Waals surface area contributed by atoms with Crippen molar-refractivity contribution in [2.24, 2.45) is 0 Å². The van der Waals surface area contributed by atoms with Gasteiger partial charge in [0.1, 0.15) is 5.69 Å². The highest BCUT2D eigenvalue weighted by Gasteiger charge is 2.09. The smallest absolute Gasteiger partial charge is 0.303 e. The molecule has 1 heterocycles. The molecule has 0 saturated carbocycles. The second-order valence-electron chi connectivity index (χ2n) is 4.13. The summed E-state index contributed by atoms with van der Waals surface area (Å²) in [6, 6.07) is 12.1. The van der Waals surface area contributed by atoms with E-state index in [1.54, 1.807) is 48.7 Å². The molecule has 1 N–H and O–H groups in total. The first kappa shape index (κ1) is 13.0. The van der Waals surface area contributed by atoms with Crippen LogP contribution in [0.15, 0.2) is 48.7 Å². The Morgan fingerprint density at radius 2 is 1.79 bits per heavy atom. The molecule has 19 heavy (non-hydrogen) atoms. The highest BCUT2D eigenvalue weighted by atomic mass is 16.4. The minimum absolute atomic E-state index is 0.0908. The first-order chi connectivity index (χ1) is 9.16. The predicted octanol–water partition coefficient (Wildman–Crippen LogP) is 2.33. The summed E-state index contributed by atoms with van der Waals surface area (Å²) >= 11 is 0. The van der Waals surface area contributed by atoms with Gasteiger partial charge in [-0.25, -0.2) is 0 Å². The fraction of sp³-hybridized carbons (Fsp3) is 0.133. The van der Waals surface area contributed by atoms with Gasteiger partial charge in [0, 0.05) is 18.2 Å². The average Bonchev–Trinajstić information content (AvgIpc) is 2.46. The first-order valence-corrected chi connectivity index (χ1v) is 5.93. The molecule has 0 amide bonds. The molecule has 0 bridgehead atoms. The average molecular weight is 255 g/mol. The van der Waals surface area contributed by atoms with Gasteiger partial charge in [0.2, 0.25) is 5.78 Å². The third-order valence-corrected chi connectivity index (χ3v) is 2.74. The zero-order valence-electron chi connectivity index (χ0n) is 10.2. The number of benzene rings is 1. The predicted molar refractivity (Wildman–Crippen MR) is 70.1 cm³/mol. The van der Waals surface area contributed by atoms with Gasteiger partial charge < -0.3 is 5.11 Å². The molecule has 96 valence electrons. The van der Waals surface area contributed by atoms with E-state index < -0.39 is 5.97 Å². The van der Waals surface area contributed by atoms with Gasteiger partial charge in [-0.1, -0.05) is 30.3 Å². The number of aryl methyl sites for hydroxylation is 1. The first-order valence-electron chi connectivity index (χ1n) is 5.93. The van der Waals surface area contributed by atoms with Crippen LogP contribution in [0.1, 0.15) is 28.0 Å². The molecular formula is C15H13NO3. The summed E-state index contributed by atoms with van der Waals surface area (Å²) in [5.41, 5.74) is 1.86. The largest absolute Gasteiger partial charge is 0.481 e. The maximum atomic E-state index is 12.1. The monoisotopic (exact) mass is 255 g/mol. The Hall–Kier alpha value is -2.49. The summed E-state index contributed by atoms with van der Waals surface area (Å²) in [4.78, 5) is 26.5. The number of carboxylic acids is 1. The van der Waals surface area contributed by atoms with E-state index in [2.05, 4.69) is 4.98 Å². The molecule has 1 aromatic carbocycles. The highest BCUT2D eigenvalue weighted by molar-refractivity contribution is 6.07. The zero-order valence-corrected chi connectivity index (χ0v) is 10.2. The van der Waals surface area contributed by atoms with E-state index in [0.29, 0.717) is 17.7 Å². The van der Waals surface area contributed by atoms with Crippen molar-refractivity contribution in [1.82, 2.24) is 4.98 Å². The topological polar surface area (TPSA) is 67.3 Å². The summed E-state index contributed by atoms with van der Waals surface area (Å²) in [6.45, 7) is 0. The lowest BCUT2D eigenvalue weighted by Gasteiger charge is -2.02. The lowest BCUT2D eigenvalue weighted by atomic mass is 10.0.